The average molecular weight is 437 g/mol. The molecule has 0 fully saturated rings. The average Bonchev–Trinajstić information content (AvgIpc) is 3.10. The number of aryl methyl sites for hydroxylation is 1. The van der Waals surface area contributed by atoms with Crippen molar-refractivity contribution in [3.63, 3.8) is 0 Å². The van der Waals surface area contributed by atoms with E-state index >= 15 is 0 Å². The number of hydrogen-bond acceptors (Lipinski definition) is 5. The lowest BCUT2D eigenvalue weighted by Gasteiger charge is -2.10. The quantitative estimate of drug-likeness (QED) is 0.598. The molecule has 0 saturated carbocycles. The van der Waals surface area contributed by atoms with Crippen molar-refractivity contribution in [1.29, 1.82) is 0 Å². The summed E-state index contributed by atoms with van der Waals surface area (Å²) >= 11 is 1.08. The molecular formula is C19H18F3N5O2S. The van der Waals surface area contributed by atoms with Crippen LogP contribution in [0.1, 0.15) is 12.5 Å². The first-order valence-electron chi connectivity index (χ1n) is 8.90. The number of aromatic nitrogens is 4. The molecule has 2 aromatic heterocycles. The van der Waals surface area contributed by atoms with Gasteiger partial charge in [0, 0.05) is 25.5 Å². The third-order valence-electron chi connectivity index (χ3n) is 4.20. The Morgan fingerprint density at radius 2 is 1.97 bits per heavy atom. The van der Waals surface area contributed by atoms with Gasteiger partial charge in [-0.2, -0.15) is 13.2 Å². The number of thioether (sulfide) groups is 1. The Morgan fingerprint density at radius 1 is 1.20 bits per heavy atom. The van der Waals surface area contributed by atoms with Crippen LogP contribution in [0, 0.1) is 0 Å². The largest absolute Gasteiger partial charge is 0.416 e. The Hall–Kier alpha value is -3.08. The SMILES string of the molecule is CCn1c(SCC(=O)Nc2cccc(C(F)(F)F)c2)nnc1-c1cccn(C)c1=O. The number of benzene rings is 1. The number of amides is 1. The number of rotatable bonds is 6. The van der Waals surface area contributed by atoms with Gasteiger partial charge in [0.1, 0.15) is 0 Å². The van der Waals surface area contributed by atoms with Crippen molar-refractivity contribution in [2.75, 3.05) is 11.1 Å². The van der Waals surface area contributed by atoms with Crippen LogP contribution in [0.15, 0.2) is 52.5 Å². The first kappa shape index (κ1) is 21.6. The number of halogens is 3. The van der Waals surface area contributed by atoms with Crippen LogP contribution in [0.5, 0.6) is 0 Å². The van der Waals surface area contributed by atoms with E-state index in [1.165, 1.54) is 16.7 Å². The normalized spacial score (nSPS) is 11.5. The van der Waals surface area contributed by atoms with Crippen LogP contribution in [0.2, 0.25) is 0 Å². The van der Waals surface area contributed by atoms with Gasteiger partial charge in [-0.25, -0.2) is 0 Å². The second kappa shape index (κ2) is 8.74. The number of carbonyl (C=O) groups excluding carboxylic acids is 1. The second-order valence-electron chi connectivity index (χ2n) is 6.30. The molecule has 3 rings (SSSR count). The molecule has 7 nitrogen and oxygen atoms in total. The zero-order valence-electron chi connectivity index (χ0n) is 16.1. The standard InChI is InChI=1S/C19H18F3N5O2S/c1-3-27-16(14-8-5-9-26(2)17(14)29)24-25-18(27)30-11-15(28)23-13-7-4-6-12(10-13)19(20,21)22/h4-10H,3,11H2,1-2H3,(H,23,28). The molecule has 0 radical (unpaired) electrons. The van der Waals surface area contributed by atoms with Crippen molar-refractivity contribution < 1.29 is 18.0 Å². The molecule has 0 bridgehead atoms. The molecule has 11 heteroatoms. The zero-order valence-corrected chi connectivity index (χ0v) is 16.9. The summed E-state index contributed by atoms with van der Waals surface area (Å²) in [5.41, 5.74) is -0.623. The lowest BCUT2D eigenvalue weighted by molar-refractivity contribution is -0.137. The van der Waals surface area contributed by atoms with Crippen LogP contribution >= 0.6 is 11.8 Å². The van der Waals surface area contributed by atoms with Crippen molar-refractivity contribution >= 4 is 23.4 Å². The van der Waals surface area contributed by atoms with Crippen LogP contribution in [0.4, 0.5) is 18.9 Å². The molecule has 0 unspecified atom stereocenters. The summed E-state index contributed by atoms with van der Waals surface area (Å²) in [6.45, 7) is 2.32. The number of nitrogens with zero attached hydrogens (tertiary/aromatic N) is 4. The molecule has 0 saturated heterocycles. The maximum absolute atomic E-state index is 12.8. The van der Waals surface area contributed by atoms with Crippen molar-refractivity contribution in [3.05, 3.63) is 58.5 Å². The number of anilines is 1. The lowest BCUT2D eigenvalue weighted by Crippen LogP contribution is -2.19. The summed E-state index contributed by atoms with van der Waals surface area (Å²) in [6, 6.07) is 7.79. The number of pyridine rings is 1. The van der Waals surface area contributed by atoms with Crippen molar-refractivity contribution in [3.8, 4) is 11.4 Å². The van der Waals surface area contributed by atoms with Gasteiger partial charge in [0.2, 0.25) is 5.91 Å². The molecule has 0 atom stereocenters. The fourth-order valence-corrected chi connectivity index (χ4v) is 3.55. The van der Waals surface area contributed by atoms with E-state index in [0.29, 0.717) is 23.1 Å². The van der Waals surface area contributed by atoms with Gasteiger partial charge in [-0.15, -0.1) is 10.2 Å². The van der Waals surface area contributed by atoms with Gasteiger partial charge < -0.3 is 14.5 Å². The molecule has 30 heavy (non-hydrogen) atoms. The van der Waals surface area contributed by atoms with Crippen LogP contribution in [0.25, 0.3) is 11.4 Å². The molecular weight excluding hydrogens is 419 g/mol. The molecule has 0 aliphatic heterocycles. The van der Waals surface area contributed by atoms with Gasteiger partial charge in [-0.3, -0.25) is 9.59 Å². The van der Waals surface area contributed by atoms with E-state index in [1.54, 1.807) is 29.9 Å². The summed E-state index contributed by atoms with van der Waals surface area (Å²) < 4.78 is 41.5. The molecule has 1 N–H and O–H groups in total. The Bertz CT molecular complexity index is 1120. The number of nitrogens with one attached hydrogen (secondary N) is 1. The Morgan fingerprint density at radius 3 is 2.67 bits per heavy atom. The predicted molar refractivity (Wildman–Crippen MR) is 107 cm³/mol. The number of alkyl halides is 3. The summed E-state index contributed by atoms with van der Waals surface area (Å²) in [6.07, 6.45) is -2.86. The second-order valence-corrected chi connectivity index (χ2v) is 7.25. The molecule has 0 aliphatic rings. The highest BCUT2D eigenvalue weighted by atomic mass is 32.2. The minimum atomic E-state index is -4.49. The number of carbonyl (C=O) groups is 1. The fraction of sp³-hybridized carbons (Fsp3) is 0.263. The lowest BCUT2D eigenvalue weighted by atomic mass is 10.2. The minimum Gasteiger partial charge on any atom is -0.325 e. The Labute approximate surface area is 173 Å². The summed E-state index contributed by atoms with van der Waals surface area (Å²) in [5.74, 6) is -0.178. The maximum Gasteiger partial charge on any atom is 0.416 e. The van der Waals surface area contributed by atoms with E-state index in [1.807, 2.05) is 6.92 Å². The van der Waals surface area contributed by atoms with Crippen molar-refractivity contribution in [1.82, 2.24) is 19.3 Å². The highest BCUT2D eigenvalue weighted by molar-refractivity contribution is 7.99. The van der Waals surface area contributed by atoms with Crippen LogP contribution in [-0.4, -0.2) is 31.0 Å². The predicted octanol–water partition coefficient (Wildman–Crippen LogP) is 3.41. The van der Waals surface area contributed by atoms with Crippen molar-refractivity contribution in [2.45, 2.75) is 24.8 Å². The molecule has 2 heterocycles. The topological polar surface area (TPSA) is 81.8 Å². The number of hydrogen-bond donors (Lipinski definition) is 1. The maximum atomic E-state index is 12.8. The molecule has 1 amide bonds. The van der Waals surface area contributed by atoms with Gasteiger partial charge in [0.25, 0.3) is 5.56 Å². The van der Waals surface area contributed by atoms with Gasteiger partial charge >= 0.3 is 6.18 Å². The van der Waals surface area contributed by atoms with Crippen LogP contribution in [-0.2, 0) is 24.6 Å². The molecule has 1 aromatic carbocycles. The minimum absolute atomic E-state index is 0.0563. The van der Waals surface area contributed by atoms with E-state index < -0.39 is 17.6 Å². The van der Waals surface area contributed by atoms with Gasteiger partial charge in [0.05, 0.1) is 16.9 Å². The molecule has 158 valence electrons. The first-order valence-corrected chi connectivity index (χ1v) is 9.88. The highest BCUT2D eigenvalue weighted by Gasteiger charge is 2.30. The zero-order chi connectivity index (χ0) is 21.9. The monoisotopic (exact) mass is 437 g/mol. The van der Waals surface area contributed by atoms with E-state index in [-0.39, 0.29) is 17.0 Å². The van der Waals surface area contributed by atoms with E-state index in [0.717, 1.165) is 23.9 Å². The summed E-state index contributed by atoms with van der Waals surface area (Å²) in [7, 11) is 1.63. The summed E-state index contributed by atoms with van der Waals surface area (Å²) in [5, 5.41) is 11.0. The third kappa shape index (κ3) is 4.73. The van der Waals surface area contributed by atoms with E-state index in [4.69, 9.17) is 0 Å². The molecule has 0 spiro atoms. The van der Waals surface area contributed by atoms with Crippen LogP contribution in [0.3, 0.4) is 0 Å². The van der Waals surface area contributed by atoms with Gasteiger partial charge in [-0.1, -0.05) is 17.8 Å². The smallest absolute Gasteiger partial charge is 0.325 e. The third-order valence-corrected chi connectivity index (χ3v) is 5.17. The van der Waals surface area contributed by atoms with Gasteiger partial charge in [-0.05, 0) is 37.3 Å². The fourth-order valence-electron chi connectivity index (χ4n) is 2.75. The Balaban J connectivity index is 1.72. The van der Waals surface area contributed by atoms with E-state index in [9.17, 15) is 22.8 Å². The van der Waals surface area contributed by atoms with E-state index in [2.05, 4.69) is 15.5 Å². The first-order chi connectivity index (χ1) is 14.2. The Kier molecular flexibility index (Phi) is 6.30. The van der Waals surface area contributed by atoms with Crippen molar-refractivity contribution in [2.24, 2.45) is 7.05 Å². The molecule has 3 aromatic rings. The van der Waals surface area contributed by atoms with Crippen LogP contribution < -0.4 is 10.9 Å². The molecule has 0 aliphatic carbocycles. The summed E-state index contributed by atoms with van der Waals surface area (Å²) in [4.78, 5) is 24.5. The highest BCUT2D eigenvalue weighted by Crippen LogP contribution is 2.30. The van der Waals surface area contributed by atoms with Gasteiger partial charge in [0.15, 0.2) is 11.0 Å².